The highest BCUT2D eigenvalue weighted by Crippen LogP contribution is 2.51. The summed E-state index contributed by atoms with van der Waals surface area (Å²) in [7, 11) is 0.0497. The molecular weight excluding hydrogens is 2070 g/mol. The summed E-state index contributed by atoms with van der Waals surface area (Å²) < 4.78 is 81.9. The monoisotopic (exact) mass is 2160 g/mol. The van der Waals surface area contributed by atoms with Crippen molar-refractivity contribution in [3.63, 3.8) is 0 Å². The Morgan fingerprint density at radius 1 is 0.430 bits per heavy atom. The number of nitrogens with zero attached hydrogens (tertiary/aromatic N) is 11. The van der Waals surface area contributed by atoms with Crippen LogP contribution in [0.25, 0.3) is 160 Å². The zero-order valence-corrected chi connectivity index (χ0v) is 90.6. The van der Waals surface area contributed by atoms with Gasteiger partial charge in [-0.15, -0.1) is 113 Å². The number of thiazole rings is 2. The van der Waals surface area contributed by atoms with Crippen molar-refractivity contribution in [1.82, 2.24) is 54.0 Å². The topological polar surface area (TPSA) is 360 Å². The molecule has 22 rings (SSSR count). The van der Waals surface area contributed by atoms with E-state index in [0.29, 0.717) is 87.4 Å². The van der Waals surface area contributed by atoms with Crippen molar-refractivity contribution in [2.45, 2.75) is 85.1 Å². The molecule has 23 nitrogen and oxygen atoms in total. The number of hydrogen-bond donors (Lipinski definition) is 5. The van der Waals surface area contributed by atoms with E-state index >= 15 is 0 Å². The molecule has 0 spiro atoms. The number of nitrogens with two attached hydrogens (primary N) is 5. The molecule has 4 aromatic carbocycles. The molecule has 38 heteroatoms. The van der Waals surface area contributed by atoms with Gasteiger partial charge in [-0.3, -0.25) is 21.0 Å². The average molecular weight is 2170 g/mol. The van der Waals surface area contributed by atoms with Gasteiger partial charge in [0.2, 0.25) is 0 Å². The first-order chi connectivity index (χ1) is 68.8. The van der Waals surface area contributed by atoms with Gasteiger partial charge in [0.1, 0.15) is 78.2 Å². The molecule has 5 unspecified atom stereocenters. The van der Waals surface area contributed by atoms with E-state index in [-0.39, 0.29) is 5.92 Å². The molecule has 1 aliphatic carbocycles. The van der Waals surface area contributed by atoms with Crippen LogP contribution >= 0.6 is 113 Å². The maximum Gasteiger partial charge on any atom is 0.141 e. The first-order valence-electron chi connectivity index (χ1n) is 45.0. The van der Waals surface area contributed by atoms with Gasteiger partial charge in [-0.05, 0) is 129 Å². The number of fused-ring (bicyclic) bond motifs is 5. The normalized spacial score (nSPS) is 13.3. The second-order valence-electron chi connectivity index (χ2n) is 33.4. The lowest BCUT2D eigenvalue weighted by atomic mass is 10.0. The molecule has 0 amide bonds. The molecule has 21 aromatic rings. The fourth-order valence-corrected chi connectivity index (χ4v) is 32.4. The molecular formula is C104H98N16O7S15. The van der Waals surface area contributed by atoms with Gasteiger partial charge in [0.15, 0.2) is 0 Å². The number of pyridine rings is 5. The van der Waals surface area contributed by atoms with E-state index in [9.17, 15) is 21.0 Å². The van der Waals surface area contributed by atoms with Crippen molar-refractivity contribution in [3.05, 3.63) is 257 Å². The van der Waals surface area contributed by atoms with Gasteiger partial charge < -0.3 is 47.3 Å². The summed E-state index contributed by atoms with van der Waals surface area (Å²) in [6, 6.07) is 62.9. The number of ether oxygens (including phenoxy) is 2. The van der Waals surface area contributed by atoms with Crippen molar-refractivity contribution in [2.75, 3.05) is 79.6 Å². The highest BCUT2D eigenvalue weighted by molar-refractivity contribution is 8.01. The van der Waals surface area contributed by atoms with Crippen LogP contribution in [0.1, 0.15) is 75.5 Å². The maximum absolute atomic E-state index is 13.2. The molecule has 1 saturated carbocycles. The molecule has 0 radical (unpaired) electrons. The number of anilines is 5. The third-order valence-corrected chi connectivity index (χ3v) is 42.4. The summed E-state index contributed by atoms with van der Waals surface area (Å²) in [4.78, 5) is 49.7. The summed E-state index contributed by atoms with van der Waals surface area (Å²) in [5.74, 6) is 8.60. The first kappa shape index (κ1) is 101. The Morgan fingerprint density at radius 3 is 1.15 bits per heavy atom. The predicted octanol–water partition coefficient (Wildman–Crippen LogP) is 26.1. The lowest BCUT2D eigenvalue weighted by Crippen LogP contribution is -2.05. The standard InChI is InChI=1S/C24H18N2OS3.C21H20N2OS3.C20H21N5O2S3.C20H23N5O2S3.C19H16N2OS3/c25-22-21-18(17-10-5-2-6-11-17)14-19(20-12-7-13-28-20)26-23(21)29-24(22)30(27)15-16-8-3-1-4-9-16;1-2-3-12-27(24)21-19(22)18-15(14-8-5-4-6-9-14)13-16(23-20(18)26-21)17-10-7-11-25-17;1-25-14(10-23-17(25)11-3-4-11)12-9-13(18-22-5-7-28-18)24-19-15(12)16(21)20(29-19)30(26)8-6-27-2;1-11(2)17-23-10-14(25(17)3)12-9-13(18-22-5-7-28-18)24-19-15(12)16(21)20(29-19)30(26)8-6-27-4;1-25(2,22)19-17(20)16-13(12-7-4-3-5-8-12)11-14(21-18(16)24-19)15-9-6-10-23-15/h1-14H,15,25H2;4-11,13H,2-3,12,22H2,1H3;5,7,9-11H,3-4,6,8,21H2,1-2H3;5,7,9-11H,6,8,21H2,1-4H3;3-11H,1,20H2,2H3. The van der Waals surface area contributed by atoms with E-state index in [0.717, 1.165) is 194 Å². The quantitative estimate of drug-likeness (QED) is 0.0284. The summed E-state index contributed by atoms with van der Waals surface area (Å²) in [5, 5.41) is 16.0. The zero-order chi connectivity index (χ0) is 99.1. The minimum Gasteiger partial charge on any atom is -0.397 e. The Kier molecular flexibility index (Phi) is 31.9. The zero-order valence-electron chi connectivity index (χ0n) is 78.3. The van der Waals surface area contributed by atoms with Crippen LogP contribution in [-0.2, 0) is 82.0 Å². The minimum atomic E-state index is -2.40. The number of nitrogen functional groups attached to an aromatic ring is 5. The van der Waals surface area contributed by atoms with E-state index in [1.54, 1.807) is 78.2 Å². The number of rotatable bonds is 28. The molecule has 0 saturated heterocycles. The van der Waals surface area contributed by atoms with Gasteiger partial charge in [0, 0.05) is 123 Å². The van der Waals surface area contributed by atoms with Crippen LogP contribution in [0.15, 0.2) is 261 Å². The van der Waals surface area contributed by atoms with Crippen molar-refractivity contribution >= 4 is 251 Å². The lowest BCUT2D eigenvalue weighted by molar-refractivity contribution is 0.218. The van der Waals surface area contributed by atoms with Gasteiger partial charge in [0.25, 0.3) is 0 Å². The van der Waals surface area contributed by atoms with E-state index in [1.807, 2.05) is 163 Å². The van der Waals surface area contributed by atoms with Gasteiger partial charge in [0.05, 0.1) is 158 Å². The molecule has 142 heavy (non-hydrogen) atoms. The second-order valence-corrected chi connectivity index (χ2v) is 52.7. The number of benzene rings is 4. The molecule has 726 valence electrons. The summed E-state index contributed by atoms with van der Waals surface area (Å²) in [5.41, 5.74) is 50.8. The molecule has 5 atom stereocenters. The molecule has 0 aliphatic heterocycles. The Balaban J connectivity index is 0.000000117. The van der Waals surface area contributed by atoms with Crippen LogP contribution in [0.2, 0.25) is 0 Å². The predicted molar refractivity (Wildman–Crippen MR) is 608 cm³/mol. The molecule has 17 aromatic heterocycles. The van der Waals surface area contributed by atoms with Crippen LogP contribution in [-0.4, -0.2) is 132 Å². The SMILES string of the molecule is C=S(C)(=O)c1sc2nc(-c3cccs3)cc(-c3ccccc3)c2c1N.CCCCS(=O)c1sc2nc(-c3cccs3)cc(-c3ccccc3)c2c1N.COCCS(=O)c1sc2nc(-c3nccs3)cc(-c3cnc(C(C)C)n3C)c2c1N.COCCS(=O)c1sc2nc(-c3nccs3)cc(-c3cnc(C4CC4)n3C)c2c1N.Nc1c(S(=O)Cc2ccccc2)sc2nc(-c3cccs3)cc(-c3ccccc3)c12. The maximum atomic E-state index is 13.2. The van der Waals surface area contributed by atoms with Crippen LogP contribution in [0.5, 0.6) is 0 Å². The highest BCUT2D eigenvalue weighted by Gasteiger charge is 2.33. The number of imidazole rings is 2. The minimum absolute atomic E-state index is 0.288. The fraction of sp³-hybridized carbons (Fsp3) is 0.192. The molecule has 17 heterocycles. The molecule has 1 fully saturated rings. The van der Waals surface area contributed by atoms with E-state index in [1.165, 1.54) is 80.9 Å². The highest BCUT2D eigenvalue weighted by atomic mass is 32.2. The summed E-state index contributed by atoms with van der Waals surface area (Å²) in [6.07, 6.45) is 13.3. The molecule has 10 N–H and O–H groups in total. The smallest absolute Gasteiger partial charge is 0.141 e. The van der Waals surface area contributed by atoms with E-state index < -0.39 is 52.7 Å². The van der Waals surface area contributed by atoms with Crippen molar-refractivity contribution in [3.8, 4) is 109 Å². The number of methoxy groups -OCH3 is 2. The Labute approximate surface area is 872 Å². The Hall–Kier alpha value is -11.3. The second kappa shape index (κ2) is 44.9. The van der Waals surface area contributed by atoms with Gasteiger partial charge in [-0.2, -0.15) is 0 Å². The van der Waals surface area contributed by atoms with E-state index in [2.05, 4.69) is 134 Å². The van der Waals surface area contributed by atoms with Crippen molar-refractivity contribution < 1.29 is 30.5 Å². The summed E-state index contributed by atoms with van der Waals surface area (Å²) >= 11 is 15.1. The largest absolute Gasteiger partial charge is 0.397 e. The lowest BCUT2D eigenvalue weighted by Gasteiger charge is -2.11. The van der Waals surface area contributed by atoms with Gasteiger partial charge in [-0.1, -0.05) is 167 Å². The fourth-order valence-electron chi connectivity index (χ4n) is 16.3. The number of unbranched alkanes of at least 4 members (excludes halogenated alkanes) is 1. The summed E-state index contributed by atoms with van der Waals surface area (Å²) in [6.45, 7) is 7.16. The van der Waals surface area contributed by atoms with Crippen molar-refractivity contribution in [2.24, 2.45) is 14.1 Å². The van der Waals surface area contributed by atoms with Gasteiger partial charge in [-0.25, -0.2) is 44.9 Å². The number of hydrogen-bond acceptors (Lipinski definition) is 31. The third kappa shape index (κ3) is 21.8. The first-order valence-corrected chi connectivity index (χ1v) is 60.9. The van der Waals surface area contributed by atoms with Crippen LogP contribution < -0.4 is 28.7 Å². The number of aromatic nitrogens is 11. The average Bonchev–Trinajstić information content (AvgIpc) is 1.60. The van der Waals surface area contributed by atoms with Crippen LogP contribution in [0.3, 0.4) is 0 Å². The number of thiophene rings is 8. The molecule has 1 aliphatic rings. The molecule has 0 bridgehead atoms. The van der Waals surface area contributed by atoms with Crippen LogP contribution in [0, 0.1) is 0 Å². The van der Waals surface area contributed by atoms with Gasteiger partial charge >= 0.3 is 0 Å². The Bertz CT molecular complexity index is 8080. The third-order valence-electron chi connectivity index (χ3n) is 23.3. The van der Waals surface area contributed by atoms with Crippen molar-refractivity contribution in [1.29, 1.82) is 0 Å². The van der Waals surface area contributed by atoms with Crippen LogP contribution in [0.4, 0.5) is 28.4 Å². The van der Waals surface area contributed by atoms with E-state index in [4.69, 9.17) is 63.1 Å². The Morgan fingerprint density at radius 2 is 0.789 bits per heavy atom.